The molecule has 0 atom stereocenters. The molecule has 1 aromatic rings. The summed E-state index contributed by atoms with van der Waals surface area (Å²) < 4.78 is 0.633. The van der Waals surface area contributed by atoms with Gasteiger partial charge in [-0.15, -0.1) is 0 Å². The van der Waals surface area contributed by atoms with Gasteiger partial charge in [-0.2, -0.15) is 0 Å². The van der Waals surface area contributed by atoms with Crippen LogP contribution in [0, 0.1) is 0 Å². The van der Waals surface area contributed by atoms with Crippen molar-refractivity contribution in [3.05, 3.63) is 28.0 Å². The van der Waals surface area contributed by atoms with Crippen LogP contribution in [0.1, 0.15) is 22.5 Å². The smallest absolute Gasteiger partial charge is 0.188 e. The Kier molecular flexibility index (Phi) is 2.00. The number of hydrogen-bond donors (Lipinski definition) is 0. The average Bonchev–Trinajstić information content (AvgIpc) is 2.06. The summed E-state index contributed by atoms with van der Waals surface area (Å²) in [6.45, 7) is 0. The predicted octanol–water partition coefficient (Wildman–Crippen LogP) is 1.54. The number of nitrogens with zero attached hydrogens (tertiary/aromatic N) is 1. The van der Waals surface area contributed by atoms with Gasteiger partial charge in [0.2, 0.25) is 0 Å². The standard InChI is InChI=1S/C9H6BrNO2/c10-8-2-1-5-3-6(12)4-7(13)9(5)11-8/h1-2H,3-4H2. The summed E-state index contributed by atoms with van der Waals surface area (Å²) in [4.78, 5) is 26.4. The van der Waals surface area contributed by atoms with Gasteiger partial charge in [0.1, 0.15) is 16.1 Å². The molecule has 1 aromatic heterocycles. The van der Waals surface area contributed by atoms with E-state index in [9.17, 15) is 9.59 Å². The number of ketones is 2. The lowest BCUT2D eigenvalue weighted by Crippen LogP contribution is -2.20. The summed E-state index contributed by atoms with van der Waals surface area (Å²) in [6.07, 6.45) is 0.331. The number of halogens is 1. The quantitative estimate of drug-likeness (QED) is 0.510. The van der Waals surface area contributed by atoms with Crippen LogP contribution in [-0.4, -0.2) is 16.6 Å². The number of aromatic nitrogens is 1. The molecule has 0 bridgehead atoms. The van der Waals surface area contributed by atoms with Gasteiger partial charge in [-0.05, 0) is 27.6 Å². The molecule has 13 heavy (non-hydrogen) atoms. The van der Waals surface area contributed by atoms with Crippen molar-refractivity contribution < 1.29 is 9.59 Å². The van der Waals surface area contributed by atoms with Crippen molar-refractivity contribution in [1.29, 1.82) is 0 Å². The summed E-state index contributed by atoms with van der Waals surface area (Å²) in [5.41, 5.74) is 1.18. The normalized spacial score (nSPS) is 15.8. The third-order valence-corrected chi connectivity index (χ3v) is 2.40. The average molecular weight is 240 g/mol. The summed E-state index contributed by atoms with van der Waals surface area (Å²) in [5, 5.41) is 0. The Morgan fingerprint density at radius 3 is 2.77 bits per heavy atom. The zero-order chi connectivity index (χ0) is 9.42. The second-order valence-electron chi connectivity index (χ2n) is 2.96. The van der Waals surface area contributed by atoms with Gasteiger partial charge in [0.05, 0.1) is 6.42 Å². The molecule has 0 N–H and O–H groups in total. The van der Waals surface area contributed by atoms with Gasteiger partial charge >= 0.3 is 0 Å². The Bertz CT molecular complexity index is 401. The third kappa shape index (κ3) is 1.54. The van der Waals surface area contributed by atoms with Gasteiger partial charge in [0.25, 0.3) is 0 Å². The second kappa shape index (κ2) is 3.03. The first-order chi connectivity index (χ1) is 6.16. The molecule has 1 aliphatic rings. The highest BCUT2D eigenvalue weighted by molar-refractivity contribution is 9.10. The molecule has 0 saturated heterocycles. The molecule has 4 heteroatoms. The lowest BCUT2D eigenvalue weighted by atomic mass is 9.94. The maximum atomic E-state index is 11.3. The van der Waals surface area contributed by atoms with Gasteiger partial charge < -0.3 is 0 Å². The molecule has 0 fully saturated rings. The number of fused-ring (bicyclic) bond motifs is 1. The van der Waals surface area contributed by atoms with E-state index in [1.54, 1.807) is 12.1 Å². The van der Waals surface area contributed by atoms with Crippen LogP contribution in [-0.2, 0) is 11.2 Å². The van der Waals surface area contributed by atoms with Gasteiger partial charge in [-0.1, -0.05) is 6.07 Å². The molecule has 0 spiro atoms. The fourth-order valence-corrected chi connectivity index (χ4v) is 1.70. The Balaban J connectivity index is 2.55. The van der Waals surface area contributed by atoms with E-state index in [1.165, 1.54) is 0 Å². The fraction of sp³-hybridized carbons (Fsp3) is 0.222. The number of Topliss-reactive ketones (excluding diaryl/α,β-unsaturated/α-hetero) is 2. The Morgan fingerprint density at radius 1 is 1.23 bits per heavy atom. The monoisotopic (exact) mass is 239 g/mol. The molecule has 0 unspecified atom stereocenters. The molecule has 3 nitrogen and oxygen atoms in total. The minimum absolute atomic E-state index is 0.00352. The van der Waals surface area contributed by atoms with Crippen LogP contribution in [0.25, 0.3) is 0 Å². The highest BCUT2D eigenvalue weighted by atomic mass is 79.9. The zero-order valence-electron chi connectivity index (χ0n) is 6.71. The van der Waals surface area contributed by atoms with Gasteiger partial charge in [0, 0.05) is 6.42 Å². The van der Waals surface area contributed by atoms with Crippen molar-refractivity contribution in [3.8, 4) is 0 Å². The maximum Gasteiger partial charge on any atom is 0.188 e. The highest BCUT2D eigenvalue weighted by Crippen LogP contribution is 2.19. The first-order valence-electron chi connectivity index (χ1n) is 3.87. The first-order valence-corrected chi connectivity index (χ1v) is 4.66. The summed E-state index contributed by atoms with van der Waals surface area (Å²) in [7, 11) is 0. The van der Waals surface area contributed by atoms with Crippen LogP contribution in [0.15, 0.2) is 16.7 Å². The fourth-order valence-electron chi connectivity index (χ4n) is 1.39. The molecule has 2 rings (SSSR count). The van der Waals surface area contributed by atoms with Crippen LogP contribution in [0.4, 0.5) is 0 Å². The lowest BCUT2D eigenvalue weighted by Gasteiger charge is -2.12. The summed E-state index contributed by atoms with van der Waals surface area (Å²) in [6, 6.07) is 3.51. The first kappa shape index (κ1) is 8.56. The molecular formula is C9H6BrNO2. The van der Waals surface area contributed by atoms with E-state index in [0.717, 1.165) is 5.56 Å². The molecule has 1 heterocycles. The van der Waals surface area contributed by atoms with Crippen molar-refractivity contribution in [1.82, 2.24) is 4.98 Å². The molecule has 66 valence electrons. The van der Waals surface area contributed by atoms with Gasteiger partial charge in [-0.3, -0.25) is 9.59 Å². The maximum absolute atomic E-state index is 11.3. The number of carbonyl (C=O) groups is 2. The number of rotatable bonds is 0. The van der Waals surface area contributed by atoms with Gasteiger partial charge in [-0.25, -0.2) is 4.98 Å². The largest absolute Gasteiger partial charge is 0.299 e. The van der Waals surface area contributed by atoms with E-state index in [2.05, 4.69) is 20.9 Å². The summed E-state index contributed by atoms with van der Waals surface area (Å²) >= 11 is 3.18. The minimum Gasteiger partial charge on any atom is -0.299 e. The Labute approximate surface area is 83.3 Å². The van der Waals surface area contributed by atoms with Crippen molar-refractivity contribution in [2.24, 2.45) is 0 Å². The van der Waals surface area contributed by atoms with Crippen LogP contribution in [0.3, 0.4) is 0 Å². The van der Waals surface area contributed by atoms with Gasteiger partial charge in [0.15, 0.2) is 5.78 Å². The Hall–Kier alpha value is -1.03. The molecule has 0 aliphatic heterocycles. The van der Waals surface area contributed by atoms with Crippen molar-refractivity contribution in [2.45, 2.75) is 12.8 Å². The molecule has 0 radical (unpaired) electrons. The van der Waals surface area contributed by atoms with Crippen molar-refractivity contribution >= 4 is 27.5 Å². The van der Waals surface area contributed by atoms with E-state index in [1.807, 2.05) is 0 Å². The van der Waals surface area contributed by atoms with Crippen LogP contribution >= 0.6 is 15.9 Å². The third-order valence-electron chi connectivity index (χ3n) is 1.95. The number of carbonyl (C=O) groups excluding carboxylic acids is 2. The SMILES string of the molecule is O=C1CC(=O)c2nc(Br)ccc2C1. The highest BCUT2D eigenvalue weighted by Gasteiger charge is 2.24. The van der Waals surface area contributed by atoms with Crippen LogP contribution in [0.2, 0.25) is 0 Å². The molecular weight excluding hydrogens is 234 g/mol. The van der Waals surface area contributed by atoms with E-state index in [0.29, 0.717) is 16.7 Å². The van der Waals surface area contributed by atoms with E-state index >= 15 is 0 Å². The van der Waals surface area contributed by atoms with E-state index in [-0.39, 0.29) is 18.0 Å². The minimum atomic E-state index is -0.174. The van der Waals surface area contributed by atoms with E-state index in [4.69, 9.17) is 0 Å². The topological polar surface area (TPSA) is 47.0 Å². The van der Waals surface area contributed by atoms with Crippen molar-refractivity contribution in [3.63, 3.8) is 0 Å². The van der Waals surface area contributed by atoms with Crippen LogP contribution in [0.5, 0.6) is 0 Å². The molecule has 0 saturated carbocycles. The second-order valence-corrected chi connectivity index (χ2v) is 3.77. The summed E-state index contributed by atoms with van der Waals surface area (Å²) in [5.74, 6) is -0.200. The Morgan fingerprint density at radius 2 is 2.00 bits per heavy atom. The zero-order valence-corrected chi connectivity index (χ0v) is 8.30. The number of pyridine rings is 1. The lowest BCUT2D eigenvalue weighted by molar-refractivity contribution is -0.117. The van der Waals surface area contributed by atoms with Crippen LogP contribution < -0.4 is 0 Å². The molecule has 1 aliphatic carbocycles. The molecule has 0 amide bonds. The number of hydrogen-bond acceptors (Lipinski definition) is 3. The molecule has 0 aromatic carbocycles. The van der Waals surface area contributed by atoms with E-state index < -0.39 is 0 Å². The van der Waals surface area contributed by atoms with Crippen molar-refractivity contribution in [2.75, 3.05) is 0 Å². The predicted molar refractivity (Wildman–Crippen MR) is 49.6 cm³/mol.